The molecule has 4 aromatic rings. The third-order valence-electron chi connectivity index (χ3n) is 7.80. The molecule has 2 aliphatic heterocycles. The number of hydrogen-bond donors (Lipinski definition) is 1. The second-order valence-electron chi connectivity index (χ2n) is 11.0. The van der Waals surface area contributed by atoms with E-state index >= 15 is 0 Å². The fourth-order valence-electron chi connectivity index (χ4n) is 5.63. The molecule has 0 saturated carbocycles. The van der Waals surface area contributed by atoms with Crippen LogP contribution in [-0.4, -0.2) is 67.3 Å². The Morgan fingerprint density at radius 1 is 0.846 bits per heavy atom. The molecular weight excluding hydrogens is 484 g/mol. The number of anilines is 3. The molecule has 0 spiro atoms. The van der Waals surface area contributed by atoms with Crippen LogP contribution >= 0.6 is 0 Å². The monoisotopic (exact) mass is 526 g/mol. The minimum absolute atomic E-state index is 0.743. The zero-order chi connectivity index (χ0) is 27.2. The molecule has 2 aromatic heterocycles. The highest BCUT2D eigenvalue weighted by Gasteiger charge is 2.25. The molecule has 206 valence electrons. The van der Waals surface area contributed by atoms with Crippen LogP contribution in [-0.2, 0) is 6.54 Å². The topological polar surface area (TPSA) is 73.3 Å². The number of fused-ring (bicyclic) bond motifs is 2. The molecule has 0 aliphatic carbocycles. The Hall–Kier alpha value is -3.52. The van der Waals surface area contributed by atoms with E-state index in [1.54, 1.807) is 6.33 Å². The van der Waals surface area contributed by atoms with Gasteiger partial charge in [0.1, 0.15) is 17.4 Å². The first-order valence-corrected chi connectivity index (χ1v) is 14.4. The first-order chi connectivity index (χ1) is 19.1. The molecule has 0 radical (unpaired) electrons. The SMILES string of the molecule is CC1CCN(c2nc(N3CCCCC3)c3ncnc(N(C)Cc4cccc5ccccc45)c3n2)CC1.CNC. The summed E-state index contributed by atoms with van der Waals surface area (Å²) >= 11 is 0. The van der Waals surface area contributed by atoms with Crippen LogP contribution < -0.4 is 20.0 Å². The van der Waals surface area contributed by atoms with Crippen LogP contribution in [0.4, 0.5) is 17.6 Å². The van der Waals surface area contributed by atoms with E-state index in [-0.39, 0.29) is 0 Å². The summed E-state index contributed by atoms with van der Waals surface area (Å²) in [6.07, 6.45) is 7.71. The molecule has 4 heterocycles. The summed E-state index contributed by atoms with van der Waals surface area (Å²) in [7, 11) is 5.86. The lowest BCUT2D eigenvalue weighted by molar-refractivity contribution is 0.434. The molecule has 39 heavy (non-hydrogen) atoms. The molecule has 2 aromatic carbocycles. The van der Waals surface area contributed by atoms with Crippen LogP contribution in [0.5, 0.6) is 0 Å². The molecular formula is C31H42N8. The van der Waals surface area contributed by atoms with E-state index in [1.807, 2.05) is 14.1 Å². The Kier molecular flexibility index (Phi) is 8.71. The average molecular weight is 527 g/mol. The smallest absolute Gasteiger partial charge is 0.228 e. The molecule has 8 heteroatoms. The summed E-state index contributed by atoms with van der Waals surface area (Å²) in [5.41, 5.74) is 2.99. The maximum Gasteiger partial charge on any atom is 0.228 e. The van der Waals surface area contributed by atoms with Crippen molar-refractivity contribution in [2.75, 3.05) is 62.0 Å². The number of nitrogens with one attached hydrogen (secondary N) is 1. The van der Waals surface area contributed by atoms with E-state index in [0.29, 0.717) is 0 Å². The Labute approximate surface area is 232 Å². The summed E-state index contributed by atoms with van der Waals surface area (Å²) < 4.78 is 0. The second-order valence-corrected chi connectivity index (χ2v) is 11.0. The predicted molar refractivity (Wildman–Crippen MR) is 163 cm³/mol. The van der Waals surface area contributed by atoms with E-state index in [0.717, 1.165) is 67.3 Å². The van der Waals surface area contributed by atoms with Crippen molar-refractivity contribution in [2.45, 2.75) is 45.6 Å². The van der Waals surface area contributed by atoms with Crippen molar-refractivity contribution < 1.29 is 0 Å². The summed E-state index contributed by atoms with van der Waals surface area (Å²) in [5, 5.41) is 5.28. The van der Waals surface area contributed by atoms with E-state index in [4.69, 9.17) is 19.9 Å². The van der Waals surface area contributed by atoms with Crippen LogP contribution in [0.25, 0.3) is 21.8 Å². The normalized spacial score (nSPS) is 16.3. The van der Waals surface area contributed by atoms with Gasteiger partial charge in [0.15, 0.2) is 11.6 Å². The minimum atomic E-state index is 0.743. The van der Waals surface area contributed by atoms with Gasteiger partial charge in [0.2, 0.25) is 5.95 Å². The van der Waals surface area contributed by atoms with Gasteiger partial charge in [-0.25, -0.2) is 15.0 Å². The van der Waals surface area contributed by atoms with E-state index in [1.165, 1.54) is 48.4 Å². The van der Waals surface area contributed by atoms with Crippen molar-refractivity contribution in [3.05, 3.63) is 54.4 Å². The molecule has 8 nitrogen and oxygen atoms in total. The van der Waals surface area contributed by atoms with Gasteiger partial charge >= 0.3 is 0 Å². The lowest BCUT2D eigenvalue weighted by Gasteiger charge is -2.33. The Bertz CT molecular complexity index is 1370. The maximum absolute atomic E-state index is 5.13. The largest absolute Gasteiger partial charge is 0.355 e. The highest BCUT2D eigenvalue weighted by Crippen LogP contribution is 2.33. The van der Waals surface area contributed by atoms with Crippen LogP contribution in [0.2, 0.25) is 0 Å². The summed E-state index contributed by atoms with van der Waals surface area (Å²) in [4.78, 5) is 26.7. The maximum atomic E-state index is 5.13. The predicted octanol–water partition coefficient (Wildman–Crippen LogP) is 5.27. The number of aromatic nitrogens is 4. The zero-order valence-corrected chi connectivity index (χ0v) is 23.9. The van der Waals surface area contributed by atoms with Crippen LogP contribution in [0, 0.1) is 5.92 Å². The Balaban J connectivity index is 0.000000983. The fourth-order valence-corrected chi connectivity index (χ4v) is 5.63. The van der Waals surface area contributed by atoms with Gasteiger partial charge in [0.05, 0.1) is 0 Å². The molecule has 0 unspecified atom stereocenters. The first-order valence-electron chi connectivity index (χ1n) is 14.4. The zero-order valence-electron chi connectivity index (χ0n) is 23.9. The van der Waals surface area contributed by atoms with Gasteiger partial charge in [-0.2, -0.15) is 4.98 Å². The van der Waals surface area contributed by atoms with Crippen molar-refractivity contribution in [1.29, 1.82) is 0 Å². The standard InChI is InChI=1S/C29H35N7.C2H7N/c1-21-13-17-36(18-14-21)29-32-26-25(28(33-29)35-15-6-3-7-16-35)30-20-31-27(26)34(2)19-23-11-8-10-22-9-4-5-12-24(22)23;1-3-2/h4-5,8-12,20-21H,3,6-7,13-19H2,1-2H3;3H,1-2H3. The molecule has 1 N–H and O–H groups in total. The van der Waals surface area contributed by atoms with Gasteiger partial charge in [-0.1, -0.05) is 49.4 Å². The third kappa shape index (κ3) is 6.06. The lowest BCUT2D eigenvalue weighted by atomic mass is 10.00. The highest BCUT2D eigenvalue weighted by atomic mass is 15.3. The number of piperidine rings is 2. The summed E-state index contributed by atoms with van der Waals surface area (Å²) in [6.45, 7) is 7.13. The molecule has 0 bridgehead atoms. The Morgan fingerprint density at radius 2 is 1.56 bits per heavy atom. The van der Waals surface area contributed by atoms with Crippen molar-refractivity contribution in [3.63, 3.8) is 0 Å². The lowest BCUT2D eigenvalue weighted by Crippen LogP contribution is -2.35. The van der Waals surface area contributed by atoms with Crippen molar-refractivity contribution in [2.24, 2.45) is 5.92 Å². The molecule has 2 fully saturated rings. The highest BCUT2D eigenvalue weighted by molar-refractivity contribution is 5.94. The molecule has 0 amide bonds. The van der Waals surface area contributed by atoms with Gasteiger partial charge in [-0.05, 0) is 68.5 Å². The van der Waals surface area contributed by atoms with Crippen molar-refractivity contribution in [3.8, 4) is 0 Å². The quantitative estimate of drug-likeness (QED) is 0.377. The van der Waals surface area contributed by atoms with Gasteiger partial charge in [-0.15, -0.1) is 0 Å². The molecule has 2 saturated heterocycles. The fraction of sp³-hybridized carbons (Fsp3) is 0.484. The van der Waals surface area contributed by atoms with Gasteiger partial charge in [0, 0.05) is 39.8 Å². The van der Waals surface area contributed by atoms with Gasteiger partial charge in [0.25, 0.3) is 0 Å². The molecule has 0 atom stereocenters. The number of hydrogen-bond acceptors (Lipinski definition) is 8. The number of nitrogens with zero attached hydrogens (tertiary/aromatic N) is 7. The molecule has 2 aliphatic rings. The first kappa shape index (κ1) is 27.1. The number of benzene rings is 2. The van der Waals surface area contributed by atoms with Crippen molar-refractivity contribution in [1.82, 2.24) is 25.3 Å². The summed E-state index contributed by atoms with van der Waals surface area (Å²) in [6, 6.07) is 15.1. The van der Waals surface area contributed by atoms with Crippen LogP contribution in [0.3, 0.4) is 0 Å². The number of rotatable bonds is 5. The molecule has 6 rings (SSSR count). The third-order valence-corrected chi connectivity index (χ3v) is 7.80. The Morgan fingerprint density at radius 3 is 2.33 bits per heavy atom. The van der Waals surface area contributed by atoms with Crippen LogP contribution in [0.1, 0.15) is 44.6 Å². The van der Waals surface area contributed by atoms with E-state index < -0.39 is 0 Å². The van der Waals surface area contributed by atoms with E-state index in [9.17, 15) is 0 Å². The average Bonchev–Trinajstić information content (AvgIpc) is 2.98. The minimum Gasteiger partial charge on any atom is -0.355 e. The van der Waals surface area contributed by atoms with E-state index in [2.05, 4.69) is 76.5 Å². The summed E-state index contributed by atoms with van der Waals surface area (Å²) in [5.74, 6) is 3.41. The van der Waals surface area contributed by atoms with Gasteiger partial charge in [-0.3, -0.25) is 0 Å². The second kappa shape index (κ2) is 12.6. The van der Waals surface area contributed by atoms with Crippen molar-refractivity contribution >= 4 is 39.4 Å². The van der Waals surface area contributed by atoms with Crippen LogP contribution in [0.15, 0.2) is 48.8 Å². The van der Waals surface area contributed by atoms with Gasteiger partial charge < -0.3 is 20.0 Å².